The molecule has 26 heavy (non-hydrogen) atoms. The van der Waals surface area contributed by atoms with Gasteiger partial charge in [-0.15, -0.1) is 0 Å². The van der Waals surface area contributed by atoms with Crippen LogP contribution >= 0.6 is 0 Å². The molecule has 0 atom stereocenters. The Morgan fingerprint density at radius 2 is 1.73 bits per heavy atom. The fraction of sp³-hybridized carbons (Fsp3) is 0.250. The molecular formula is C20H21NO5. The second-order valence-electron chi connectivity index (χ2n) is 5.61. The first-order valence-corrected chi connectivity index (χ1v) is 8.27. The highest BCUT2D eigenvalue weighted by atomic mass is 16.5. The van der Waals surface area contributed by atoms with E-state index < -0.39 is 5.97 Å². The Labute approximate surface area is 152 Å². The highest BCUT2D eigenvalue weighted by molar-refractivity contribution is 6.00. The van der Waals surface area contributed by atoms with Crippen LogP contribution in [0.3, 0.4) is 0 Å². The van der Waals surface area contributed by atoms with Gasteiger partial charge >= 0.3 is 5.97 Å². The average molecular weight is 355 g/mol. The maximum Gasteiger partial charge on any atom is 0.338 e. The van der Waals surface area contributed by atoms with Gasteiger partial charge in [-0.25, -0.2) is 4.79 Å². The van der Waals surface area contributed by atoms with Crippen LogP contribution in [0.4, 0.5) is 5.69 Å². The second-order valence-corrected chi connectivity index (χ2v) is 5.61. The lowest BCUT2D eigenvalue weighted by molar-refractivity contribution is -0.116. The van der Waals surface area contributed by atoms with Crippen LogP contribution in [0, 0.1) is 0 Å². The molecule has 6 nitrogen and oxygen atoms in total. The molecule has 0 aliphatic heterocycles. The smallest absolute Gasteiger partial charge is 0.338 e. The fourth-order valence-electron chi connectivity index (χ4n) is 2.25. The van der Waals surface area contributed by atoms with Crippen molar-refractivity contribution in [2.24, 2.45) is 0 Å². The number of ether oxygens (including phenoxy) is 2. The Morgan fingerprint density at radius 3 is 2.38 bits per heavy atom. The summed E-state index contributed by atoms with van der Waals surface area (Å²) in [4.78, 5) is 35.9. The minimum Gasteiger partial charge on any atom is -0.497 e. The minimum atomic E-state index is -0.626. The zero-order chi connectivity index (χ0) is 18.9. The van der Waals surface area contributed by atoms with Crippen LogP contribution in [0.2, 0.25) is 0 Å². The molecule has 136 valence electrons. The molecule has 2 aromatic rings. The first kappa shape index (κ1) is 19.2. The van der Waals surface area contributed by atoms with Crippen LogP contribution in [-0.2, 0) is 9.53 Å². The summed E-state index contributed by atoms with van der Waals surface area (Å²) < 4.78 is 10.1. The van der Waals surface area contributed by atoms with Gasteiger partial charge < -0.3 is 14.8 Å². The number of nitrogens with one attached hydrogen (secondary N) is 1. The fourth-order valence-corrected chi connectivity index (χ4v) is 2.25. The van der Waals surface area contributed by atoms with Crippen molar-refractivity contribution < 1.29 is 23.9 Å². The average Bonchev–Trinajstić information content (AvgIpc) is 2.66. The Balaban J connectivity index is 1.94. The van der Waals surface area contributed by atoms with E-state index in [-0.39, 0.29) is 23.9 Å². The van der Waals surface area contributed by atoms with Crippen molar-refractivity contribution in [1.82, 2.24) is 0 Å². The van der Waals surface area contributed by atoms with E-state index in [1.165, 1.54) is 13.2 Å². The molecule has 6 heteroatoms. The van der Waals surface area contributed by atoms with Gasteiger partial charge in [0.2, 0.25) is 5.91 Å². The maximum absolute atomic E-state index is 12.1. The van der Waals surface area contributed by atoms with Crippen LogP contribution in [0.5, 0.6) is 5.75 Å². The highest BCUT2D eigenvalue weighted by Crippen LogP contribution is 2.14. The molecule has 0 fully saturated rings. The Kier molecular flexibility index (Phi) is 6.91. The Bertz CT molecular complexity index is 783. The summed E-state index contributed by atoms with van der Waals surface area (Å²) in [7, 11) is 1.54. The number of hydrogen-bond donors (Lipinski definition) is 1. The molecule has 0 bridgehead atoms. The van der Waals surface area contributed by atoms with E-state index in [1.807, 2.05) is 6.92 Å². The summed E-state index contributed by atoms with van der Waals surface area (Å²) >= 11 is 0. The number of ketones is 1. The number of rotatable bonds is 8. The van der Waals surface area contributed by atoms with Crippen molar-refractivity contribution in [2.75, 3.05) is 19.0 Å². The first-order valence-electron chi connectivity index (χ1n) is 8.27. The van der Waals surface area contributed by atoms with Crippen molar-refractivity contribution in [3.05, 3.63) is 59.7 Å². The topological polar surface area (TPSA) is 81.7 Å². The number of carbonyl (C=O) groups excluding carboxylic acids is 3. The third kappa shape index (κ3) is 5.44. The zero-order valence-corrected chi connectivity index (χ0v) is 14.8. The van der Waals surface area contributed by atoms with Gasteiger partial charge in [-0.05, 0) is 48.9 Å². The zero-order valence-electron chi connectivity index (χ0n) is 14.8. The van der Waals surface area contributed by atoms with Gasteiger partial charge in [0.1, 0.15) is 5.75 Å². The summed E-state index contributed by atoms with van der Waals surface area (Å²) in [6, 6.07) is 13.0. The first-order chi connectivity index (χ1) is 12.5. The van der Waals surface area contributed by atoms with Gasteiger partial charge in [0, 0.05) is 17.7 Å². The van der Waals surface area contributed by atoms with E-state index in [2.05, 4.69) is 5.32 Å². The van der Waals surface area contributed by atoms with Crippen LogP contribution in [-0.4, -0.2) is 31.4 Å². The number of esters is 1. The quantitative estimate of drug-likeness (QED) is 0.579. The van der Waals surface area contributed by atoms with Crippen LogP contribution in [0.1, 0.15) is 40.5 Å². The molecular weight excluding hydrogens is 334 g/mol. The van der Waals surface area contributed by atoms with E-state index in [1.54, 1.807) is 42.5 Å². The van der Waals surface area contributed by atoms with E-state index >= 15 is 0 Å². The van der Waals surface area contributed by atoms with Crippen LogP contribution in [0.15, 0.2) is 48.5 Å². The summed E-state index contributed by atoms with van der Waals surface area (Å²) in [5, 5.41) is 2.71. The van der Waals surface area contributed by atoms with Gasteiger partial charge in [0.05, 0.1) is 12.7 Å². The van der Waals surface area contributed by atoms with Gasteiger partial charge in [-0.2, -0.15) is 0 Å². The number of carbonyl (C=O) groups is 3. The molecule has 0 aromatic heterocycles. The predicted octanol–water partition coefficient (Wildman–Crippen LogP) is 3.47. The number of methoxy groups -OCH3 is 1. The van der Waals surface area contributed by atoms with Crippen LogP contribution in [0.25, 0.3) is 0 Å². The third-order valence-electron chi connectivity index (χ3n) is 3.61. The van der Waals surface area contributed by atoms with Crippen molar-refractivity contribution in [3.63, 3.8) is 0 Å². The second kappa shape index (κ2) is 9.36. The number of amides is 1. The third-order valence-corrected chi connectivity index (χ3v) is 3.61. The monoisotopic (exact) mass is 355 g/mol. The lowest BCUT2D eigenvalue weighted by Gasteiger charge is -2.08. The maximum atomic E-state index is 12.1. The number of anilines is 1. The SMILES string of the molecule is CCCC(=O)Nc1cccc(C(=O)OCC(=O)c2ccc(OC)cc2)c1. The molecule has 0 spiro atoms. The molecule has 0 saturated carbocycles. The summed E-state index contributed by atoms with van der Waals surface area (Å²) in [5.41, 5.74) is 1.21. The van der Waals surface area contributed by atoms with E-state index in [0.29, 0.717) is 23.4 Å². The molecule has 0 heterocycles. The van der Waals surface area contributed by atoms with Crippen molar-refractivity contribution >= 4 is 23.3 Å². The van der Waals surface area contributed by atoms with Crippen LogP contribution < -0.4 is 10.1 Å². The number of Topliss-reactive ketones (excluding diaryl/α,β-unsaturated/α-hetero) is 1. The number of hydrogen-bond acceptors (Lipinski definition) is 5. The Hall–Kier alpha value is -3.15. The highest BCUT2D eigenvalue weighted by Gasteiger charge is 2.13. The molecule has 0 aliphatic carbocycles. The van der Waals surface area contributed by atoms with Crippen molar-refractivity contribution in [3.8, 4) is 5.75 Å². The van der Waals surface area contributed by atoms with Gasteiger partial charge in [0.25, 0.3) is 0 Å². The molecule has 0 unspecified atom stereocenters. The largest absolute Gasteiger partial charge is 0.497 e. The number of benzene rings is 2. The van der Waals surface area contributed by atoms with Crippen molar-refractivity contribution in [1.29, 1.82) is 0 Å². The lowest BCUT2D eigenvalue weighted by atomic mass is 10.1. The van der Waals surface area contributed by atoms with Gasteiger partial charge in [-0.1, -0.05) is 13.0 Å². The molecule has 0 radical (unpaired) electrons. The molecule has 1 amide bonds. The Morgan fingerprint density at radius 1 is 1.00 bits per heavy atom. The summed E-state index contributed by atoms with van der Waals surface area (Å²) in [6.45, 7) is 1.55. The lowest BCUT2D eigenvalue weighted by Crippen LogP contribution is -2.15. The minimum absolute atomic E-state index is 0.118. The standard InChI is InChI=1S/C20H21NO5/c1-3-5-19(23)21-16-7-4-6-15(12-16)20(24)26-13-18(22)14-8-10-17(25-2)11-9-14/h4,6-12H,3,5,13H2,1-2H3,(H,21,23). The summed E-state index contributed by atoms with van der Waals surface area (Å²) in [5.74, 6) is -0.417. The molecule has 2 rings (SSSR count). The van der Waals surface area contributed by atoms with Crippen molar-refractivity contribution in [2.45, 2.75) is 19.8 Å². The van der Waals surface area contributed by atoms with Gasteiger partial charge in [0.15, 0.2) is 12.4 Å². The molecule has 0 saturated heterocycles. The normalized spacial score (nSPS) is 10.1. The molecule has 2 aromatic carbocycles. The van der Waals surface area contributed by atoms with E-state index in [4.69, 9.17) is 9.47 Å². The van der Waals surface area contributed by atoms with E-state index in [0.717, 1.165) is 6.42 Å². The predicted molar refractivity (Wildman–Crippen MR) is 97.6 cm³/mol. The van der Waals surface area contributed by atoms with Gasteiger partial charge in [-0.3, -0.25) is 9.59 Å². The van der Waals surface area contributed by atoms with E-state index in [9.17, 15) is 14.4 Å². The summed E-state index contributed by atoms with van der Waals surface area (Å²) in [6.07, 6.45) is 1.14. The molecule has 0 aliphatic rings. The molecule has 1 N–H and O–H groups in total.